The first kappa shape index (κ1) is 33.4. The van der Waals surface area contributed by atoms with Crippen LogP contribution in [0.1, 0.15) is 73.8 Å². The van der Waals surface area contributed by atoms with Gasteiger partial charge in [-0.05, 0) is 79.3 Å². The van der Waals surface area contributed by atoms with Crippen molar-refractivity contribution in [3.8, 4) is 0 Å². The normalized spacial score (nSPS) is 14.4. The van der Waals surface area contributed by atoms with Crippen molar-refractivity contribution in [1.29, 1.82) is 0 Å². The second kappa shape index (κ2) is 15.1. The van der Waals surface area contributed by atoms with Crippen molar-refractivity contribution in [2.24, 2.45) is 5.92 Å². The van der Waals surface area contributed by atoms with E-state index in [1.165, 1.54) is 4.90 Å². The minimum absolute atomic E-state index is 0.116. The van der Waals surface area contributed by atoms with E-state index in [1.807, 2.05) is 71.9 Å². The van der Waals surface area contributed by atoms with Crippen LogP contribution in [0.2, 0.25) is 0 Å². The van der Waals surface area contributed by atoms with E-state index in [0.29, 0.717) is 18.8 Å². The summed E-state index contributed by atoms with van der Waals surface area (Å²) in [5, 5.41) is 23.2. The van der Waals surface area contributed by atoms with Gasteiger partial charge in [0.1, 0.15) is 6.54 Å². The summed E-state index contributed by atoms with van der Waals surface area (Å²) in [5.41, 5.74) is -0.0610. The van der Waals surface area contributed by atoms with E-state index < -0.39 is 29.3 Å². The molecule has 1 aromatic rings. The molecule has 0 aliphatic carbocycles. The Hall–Kier alpha value is -2.65. The van der Waals surface area contributed by atoms with Crippen molar-refractivity contribution in [2.45, 2.75) is 104 Å². The van der Waals surface area contributed by atoms with Crippen molar-refractivity contribution in [3.05, 3.63) is 35.9 Å². The van der Waals surface area contributed by atoms with E-state index in [4.69, 9.17) is 0 Å². The van der Waals surface area contributed by atoms with Crippen LogP contribution in [-0.2, 0) is 16.0 Å². The fourth-order valence-corrected chi connectivity index (χ4v) is 4.13. The summed E-state index contributed by atoms with van der Waals surface area (Å²) in [5.74, 6) is -0.186. The Kier molecular flexibility index (Phi) is 13.2. The third kappa shape index (κ3) is 12.7. The summed E-state index contributed by atoms with van der Waals surface area (Å²) in [6.45, 7) is 15.5. The number of nitrogens with zero attached hydrogens (tertiary/aromatic N) is 1. The van der Waals surface area contributed by atoms with Crippen LogP contribution in [0.25, 0.3) is 0 Å². The molecule has 216 valence electrons. The third-order valence-corrected chi connectivity index (χ3v) is 6.07. The van der Waals surface area contributed by atoms with Gasteiger partial charge in [-0.1, -0.05) is 44.2 Å². The van der Waals surface area contributed by atoms with Crippen LogP contribution in [0.3, 0.4) is 0 Å². The molecule has 0 fully saturated rings. The van der Waals surface area contributed by atoms with Crippen molar-refractivity contribution in [2.75, 3.05) is 20.1 Å². The summed E-state index contributed by atoms with van der Waals surface area (Å²) in [6.07, 6.45) is 0.653. The van der Waals surface area contributed by atoms with Crippen LogP contribution in [0.4, 0.5) is 4.79 Å². The molecule has 9 nitrogen and oxygen atoms in total. The summed E-state index contributed by atoms with van der Waals surface area (Å²) >= 11 is 0. The predicted molar refractivity (Wildman–Crippen MR) is 153 cm³/mol. The number of urea groups is 1. The van der Waals surface area contributed by atoms with Gasteiger partial charge in [-0.3, -0.25) is 9.59 Å². The topological polar surface area (TPSA) is 123 Å². The van der Waals surface area contributed by atoms with Crippen molar-refractivity contribution in [1.82, 2.24) is 26.2 Å². The summed E-state index contributed by atoms with van der Waals surface area (Å²) in [4.78, 5) is 40.3. The predicted octanol–water partition coefficient (Wildman–Crippen LogP) is 2.82. The number of hydrogen-bond donors (Lipinski definition) is 5. The second-order valence-corrected chi connectivity index (χ2v) is 12.5. The molecule has 0 aromatic heterocycles. The van der Waals surface area contributed by atoms with Gasteiger partial charge >= 0.3 is 6.03 Å². The maximum absolute atomic E-state index is 13.3. The molecule has 0 spiro atoms. The van der Waals surface area contributed by atoms with Crippen LogP contribution in [0.5, 0.6) is 0 Å². The number of carbonyl (C=O) groups excluding carboxylic acids is 3. The van der Waals surface area contributed by atoms with Gasteiger partial charge < -0.3 is 31.3 Å². The minimum atomic E-state index is -1.06. The number of rotatable bonds is 13. The molecule has 5 N–H and O–H groups in total. The number of nitrogens with one attached hydrogen (secondary N) is 4. The standard InChI is InChI=1S/C29H51N5O4/c1-20(2)15-16-22(32-27(38)33-28(3,4)5)26(37)23(17-21-13-11-10-12-14-21)31-24(35)19-34(29(6,7)8)25(36)18-30-9/h10-14,20,22-23,26,30,37H,15-19H2,1-9H3,(H,31,35)(H2,32,33,38)/t22?,23-,26-/m0/s1. The van der Waals surface area contributed by atoms with Crippen LogP contribution in [-0.4, -0.2) is 77.3 Å². The van der Waals surface area contributed by atoms with Gasteiger partial charge in [-0.15, -0.1) is 0 Å². The zero-order valence-corrected chi connectivity index (χ0v) is 24.9. The average Bonchev–Trinajstić information content (AvgIpc) is 2.78. The number of aliphatic hydroxyl groups excluding tert-OH is 1. The maximum atomic E-state index is 13.3. The highest BCUT2D eigenvalue weighted by Crippen LogP contribution is 2.17. The van der Waals surface area contributed by atoms with Gasteiger partial charge in [-0.25, -0.2) is 4.79 Å². The highest BCUT2D eigenvalue weighted by Gasteiger charge is 2.33. The fourth-order valence-electron chi connectivity index (χ4n) is 4.13. The molecule has 0 aliphatic heterocycles. The molecule has 0 aliphatic rings. The quantitative estimate of drug-likeness (QED) is 0.267. The molecule has 0 bridgehead atoms. The van der Waals surface area contributed by atoms with E-state index in [2.05, 4.69) is 35.1 Å². The first-order valence-electron chi connectivity index (χ1n) is 13.6. The monoisotopic (exact) mass is 533 g/mol. The number of carbonyl (C=O) groups is 3. The summed E-state index contributed by atoms with van der Waals surface area (Å²) < 4.78 is 0. The molecule has 1 rings (SSSR count). The fraction of sp³-hybridized carbons (Fsp3) is 0.690. The first-order chi connectivity index (χ1) is 17.5. The lowest BCUT2D eigenvalue weighted by molar-refractivity contribution is -0.140. The number of likely N-dealkylation sites (N-methyl/N-ethyl adjacent to an activating group) is 1. The summed E-state index contributed by atoms with van der Waals surface area (Å²) in [7, 11) is 1.69. The Morgan fingerprint density at radius 2 is 1.53 bits per heavy atom. The molecule has 9 heteroatoms. The van der Waals surface area contributed by atoms with Gasteiger partial charge in [0, 0.05) is 11.1 Å². The lowest BCUT2D eigenvalue weighted by Gasteiger charge is -2.37. The smallest absolute Gasteiger partial charge is 0.315 e. The van der Waals surface area contributed by atoms with Gasteiger partial charge in [-0.2, -0.15) is 0 Å². The molecular formula is C29H51N5O4. The molecule has 0 saturated carbocycles. The third-order valence-electron chi connectivity index (χ3n) is 6.07. The van der Waals surface area contributed by atoms with Crippen LogP contribution < -0.4 is 21.3 Å². The zero-order valence-electron chi connectivity index (χ0n) is 24.9. The first-order valence-corrected chi connectivity index (χ1v) is 13.6. The Labute approximate surface area is 229 Å². The molecular weight excluding hydrogens is 482 g/mol. The summed E-state index contributed by atoms with van der Waals surface area (Å²) in [6, 6.07) is 7.96. The minimum Gasteiger partial charge on any atom is -0.389 e. The number of hydrogen-bond acceptors (Lipinski definition) is 5. The molecule has 0 heterocycles. The zero-order chi connectivity index (χ0) is 29.1. The van der Waals surface area contributed by atoms with E-state index in [9.17, 15) is 19.5 Å². The lowest BCUT2D eigenvalue weighted by Crippen LogP contribution is -2.59. The van der Waals surface area contributed by atoms with Crippen molar-refractivity contribution >= 4 is 17.8 Å². The Bertz CT molecular complexity index is 877. The van der Waals surface area contributed by atoms with Crippen molar-refractivity contribution in [3.63, 3.8) is 0 Å². The Morgan fingerprint density at radius 3 is 2.03 bits per heavy atom. The number of aliphatic hydroxyl groups is 1. The second-order valence-electron chi connectivity index (χ2n) is 12.5. The SMILES string of the molecule is CNCC(=O)N(CC(=O)N[C@@H](Cc1ccccc1)[C@@H](O)C(CCC(C)C)NC(=O)NC(C)(C)C)C(C)(C)C. The highest BCUT2D eigenvalue weighted by atomic mass is 16.3. The molecule has 38 heavy (non-hydrogen) atoms. The van der Waals surface area contributed by atoms with E-state index in [0.717, 1.165) is 12.0 Å². The molecule has 3 atom stereocenters. The largest absolute Gasteiger partial charge is 0.389 e. The van der Waals surface area contributed by atoms with Crippen LogP contribution in [0.15, 0.2) is 30.3 Å². The average molecular weight is 534 g/mol. The molecule has 1 unspecified atom stereocenters. The Balaban J connectivity index is 3.22. The number of benzene rings is 1. The number of amides is 4. The molecule has 4 amide bonds. The van der Waals surface area contributed by atoms with E-state index in [1.54, 1.807) is 7.05 Å². The Morgan fingerprint density at radius 1 is 0.921 bits per heavy atom. The van der Waals surface area contributed by atoms with Gasteiger partial charge in [0.05, 0.1) is 24.7 Å². The van der Waals surface area contributed by atoms with Crippen LogP contribution >= 0.6 is 0 Å². The van der Waals surface area contributed by atoms with E-state index in [-0.39, 0.29) is 30.9 Å². The van der Waals surface area contributed by atoms with Gasteiger partial charge in [0.25, 0.3) is 0 Å². The van der Waals surface area contributed by atoms with Crippen LogP contribution in [0, 0.1) is 5.92 Å². The van der Waals surface area contributed by atoms with E-state index >= 15 is 0 Å². The molecule has 1 aromatic carbocycles. The molecule has 0 radical (unpaired) electrons. The lowest BCUT2D eigenvalue weighted by atomic mass is 9.92. The van der Waals surface area contributed by atoms with Gasteiger partial charge in [0.15, 0.2) is 0 Å². The molecule has 0 saturated heterocycles. The highest BCUT2D eigenvalue weighted by molar-refractivity contribution is 5.86. The van der Waals surface area contributed by atoms with Crippen molar-refractivity contribution < 1.29 is 19.5 Å². The maximum Gasteiger partial charge on any atom is 0.315 e. The van der Waals surface area contributed by atoms with Gasteiger partial charge in [0.2, 0.25) is 11.8 Å².